The number of amides is 2. The number of nitrogens with zero attached hydrogens (tertiary/aromatic N) is 1. The lowest BCUT2D eigenvalue weighted by atomic mass is 9.44. The topological polar surface area (TPSA) is 101 Å². The fraction of sp³-hybridized carbons (Fsp3) is 0.224. The molecule has 13 heteroatoms. The van der Waals surface area contributed by atoms with Crippen LogP contribution in [0.5, 0.6) is 11.5 Å². The van der Waals surface area contributed by atoms with E-state index in [0.717, 1.165) is 5.56 Å². The maximum absolute atomic E-state index is 15.3. The summed E-state index contributed by atoms with van der Waals surface area (Å²) < 4.78 is 90.1. The quantitative estimate of drug-likeness (QED) is 0.0995. The van der Waals surface area contributed by atoms with Crippen molar-refractivity contribution in [2.24, 2.45) is 23.7 Å². The van der Waals surface area contributed by atoms with Gasteiger partial charge in [-0.15, -0.1) is 0 Å². The van der Waals surface area contributed by atoms with Crippen molar-refractivity contribution in [3.63, 3.8) is 0 Å². The Labute approximate surface area is 350 Å². The van der Waals surface area contributed by atoms with Gasteiger partial charge in [-0.25, -0.2) is 4.90 Å². The van der Waals surface area contributed by atoms with Crippen LogP contribution in [0.2, 0.25) is 0 Å². The number of benzene rings is 5. The Kier molecular flexibility index (Phi) is 9.83. The summed E-state index contributed by atoms with van der Waals surface area (Å²) in [5.74, 6) is -8.88. The van der Waals surface area contributed by atoms with E-state index >= 15 is 9.59 Å². The first-order chi connectivity index (χ1) is 29.6. The van der Waals surface area contributed by atoms with Gasteiger partial charge in [0.15, 0.2) is 11.6 Å². The van der Waals surface area contributed by atoms with E-state index in [0.29, 0.717) is 33.7 Å². The molecule has 1 aliphatic heterocycles. The summed E-state index contributed by atoms with van der Waals surface area (Å²) in [6.45, 7) is 0.165. The lowest BCUT2D eigenvalue weighted by Gasteiger charge is -2.55. The van der Waals surface area contributed by atoms with Crippen LogP contribution < -0.4 is 9.64 Å². The highest BCUT2D eigenvalue weighted by molar-refractivity contribution is 6.32. The third-order valence-electron chi connectivity index (χ3n) is 12.8. The molecule has 1 saturated carbocycles. The Morgan fingerprint density at radius 1 is 0.710 bits per heavy atom. The van der Waals surface area contributed by atoms with Gasteiger partial charge in [0.05, 0.1) is 34.1 Å². The number of halogens is 6. The molecule has 5 aromatic carbocycles. The normalized spacial score (nSPS) is 24.8. The number of alkyl halides is 6. The second-order valence-electron chi connectivity index (χ2n) is 16.1. The maximum atomic E-state index is 15.3. The van der Waals surface area contributed by atoms with E-state index in [-0.39, 0.29) is 48.2 Å². The summed E-state index contributed by atoms with van der Waals surface area (Å²) in [5, 5.41) is 12.0. The summed E-state index contributed by atoms with van der Waals surface area (Å²) >= 11 is 0. The molecule has 2 fully saturated rings. The molecule has 1 saturated heterocycles. The number of rotatable bonds is 7. The van der Waals surface area contributed by atoms with Crippen LogP contribution in [0.4, 0.5) is 32.0 Å². The Balaban J connectivity index is 1.21. The van der Waals surface area contributed by atoms with E-state index < -0.39 is 87.6 Å². The van der Waals surface area contributed by atoms with E-state index in [1.165, 1.54) is 12.1 Å². The summed E-state index contributed by atoms with van der Waals surface area (Å²) in [5.41, 5.74) is -3.48. The van der Waals surface area contributed by atoms with Gasteiger partial charge in [-0.2, -0.15) is 26.3 Å². The number of phenols is 1. The molecule has 314 valence electrons. The molecule has 4 aliphatic rings. The molecule has 6 unspecified atom stereocenters. The fourth-order valence-corrected chi connectivity index (χ4v) is 10.1. The number of fused-ring (bicyclic) bond motifs is 4. The lowest BCUT2D eigenvalue weighted by molar-refractivity contribution is -0.143. The van der Waals surface area contributed by atoms with Crippen LogP contribution in [0.1, 0.15) is 52.1 Å². The molecule has 0 spiro atoms. The average Bonchev–Trinajstić information content (AvgIpc) is 3.52. The number of hydrogen-bond donors (Lipinski definition) is 1. The molecule has 62 heavy (non-hydrogen) atoms. The van der Waals surface area contributed by atoms with Crippen LogP contribution in [0.15, 0.2) is 145 Å². The number of aromatic hydroxyl groups is 1. The Hall–Kier alpha value is -6.76. The van der Waals surface area contributed by atoms with Crippen molar-refractivity contribution in [2.45, 2.75) is 43.1 Å². The molecule has 6 atom stereocenters. The second kappa shape index (κ2) is 15.0. The first kappa shape index (κ1) is 40.6. The van der Waals surface area contributed by atoms with Crippen molar-refractivity contribution in [2.75, 3.05) is 4.90 Å². The van der Waals surface area contributed by atoms with Gasteiger partial charge >= 0.3 is 12.4 Å². The van der Waals surface area contributed by atoms with E-state index in [9.17, 15) is 41.0 Å². The van der Waals surface area contributed by atoms with Gasteiger partial charge in [-0.05, 0) is 65.8 Å². The molecule has 5 aromatic rings. The minimum absolute atomic E-state index is 0.0792. The third-order valence-corrected chi connectivity index (χ3v) is 12.8. The molecule has 0 bridgehead atoms. The summed E-state index contributed by atoms with van der Waals surface area (Å²) in [7, 11) is 0. The molecule has 0 aromatic heterocycles. The highest BCUT2D eigenvalue weighted by atomic mass is 19.4. The van der Waals surface area contributed by atoms with Crippen LogP contribution >= 0.6 is 0 Å². The summed E-state index contributed by atoms with van der Waals surface area (Å²) in [6.07, 6.45) is -7.86. The number of carbonyl (C=O) groups excluding carboxylic acids is 4. The zero-order valence-electron chi connectivity index (χ0n) is 32.5. The summed E-state index contributed by atoms with van der Waals surface area (Å²) in [6, 6.07) is 31.6. The van der Waals surface area contributed by atoms with Gasteiger partial charge in [0.25, 0.3) is 0 Å². The van der Waals surface area contributed by atoms with Crippen LogP contribution in [-0.2, 0) is 43.6 Å². The molecule has 7 nitrogen and oxygen atoms in total. The van der Waals surface area contributed by atoms with Crippen LogP contribution in [-0.4, -0.2) is 28.5 Å². The highest BCUT2D eigenvalue weighted by Gasteiger charge is 2.66. The van der Waals surface area contributed by atoms with Crippen molar-refractivity contribution in [1.29, 1.82) is 0 Å². The molecule has 3 aliphatic carbocycles. The minimum Gasteiger partial charge on any atom is -0.508 e. The number of allylic oxidation sites excluding steroid dienone is 4. The predicted octanol–water partition coefficient (Wildman–Crippen LogP) is 10.0. The minimum atomic E-state index is -5.25. The first-order valence-electron chi connectivity index (χ1n) is 19.9. The van der Waals surface area contributed by atoms with E-state index in [4.69, 9.17) is 4.74 Å². The number of ether oxygens (including phenoxy) is 1. The van der Waals surface area contributed by atoms with Crippen LogP contribution in [0.25, 0.3) is 5.57 Å². The number of carbonyl (C=O) groups is 4. The molecule has 1 heterocycles. The Morgan fingerprint density at radius 3 is 1.94 bits per heavy atom. The number of imide groups is 1. The average molecular weight is 848 g/mol. The lowest BCUT2D eigenvalue weighted by Crippen LogP contribution is -2.58. The number of ketones is 2. The Bertz CT molecular complexity index is 2660. The summed E-state index contributed by atoms with van der Waals surface area (Å²) in [4.78, 5) is 59.8. The van der Waals surface area contributed by atoms with Gasteiger partial charge in [-0.1, -0.05) is 109 Å². The highest BCUT2D eigenvalue weighted by Crippen LogP contribution is 2.64. The van der Waals surface area contributed by atoms with Crippen molar-refractivity contribution in [3.05, 3.63) is 178 Å². The van der Waals surface area contributed by atoms with Crippen LogP contribution in [0.3, 0.4) is 0 Å². The standard InChI is InChI=1S/C49H35F6NO6/c50-48(51,52)30-20-31(49(53,54)55)22-32(21-30)56-45(60)36-19-18-34-38(42(36)46(56)61)24-39-44(59)37(28-12-6-2-7-13-28)25-41(58)47(39,29-14-8-3-9-15-29)43(34)35-17-16-33(23-40(35)57)62-26-27-10-4-1-5-11-27/h1-18,20-23,25,36,38-39,42-43,57H,19,24,26H2. The second-order valence-corrected chi connectivity index (χ2v) is 16.1. The Morgan fingerprint density at radius 2 is 1.32 bits per heavy atom. The van der Waals surface area contributed by atoms with Crippen molar-refractivity contribution in [3.8, 4) is 11.5 Å². The number of Topliss-reactive ketones (excluding diaryl/α,β-unsaturated/α-hetero) is 1. The van der Waals surface area contributed by atoms with Gasteiger partial charge < -0.3 is 9.84 Å². The van der Waals surface area contributed by atoms with E-state index in [2.05, 4.69) is 0 Å². The molecular formula is C49H35F6NO6. The first-order valence-corrected chi connectivity index (χ1v) is 19.9. The van der Waals surface area contributed by atoms with Gasteiger partial charge in [-0.3, -0.25) is 19.2 Å². The zero-order valence-corrected chi connectivity index (χ0v) is 32.5. The predicted molar refractivity (Wildman–Crippen MR) is 214 cm³/mol. The third kappa shape index (κ3) is 6.61. The number of phenolic OH excluding ortho intramolecular Hbond substituents is 1. The molecular weight excluding hydrogens is 813 g/mol. The SMILES string of the molecule is O=C1C(c2ccccc2)=CC(=O)C2(c3ccccc3)C1CC1C(=CCC3C(=O)N(c4cc(C(F)(F)F)cc(C(F)(F)F)c4)C(=O)C31)C2c1ccc(OCc2ccccc2)cc1O. The van der Waals surface area contributed by atoms with Gasteiger partial charge in [0, 0.05) is 29.0 Å². The fourth-order valence-electron chi connectivity index (χ4n) is 10.1. The molecule has 1 N–H and O–H groups in total. The largest absolute Gasteiger partial charge is 0.508 e. The van der Waals surface area contributed by atoms with E-state index in [1.54, 1.807) is 78.9 Å². The smallest absolute Gasteiger partial charge is 0.416 e. The number of hydrogen-bond acceptors (Lipinski definition) is 6. The van der Waals surface area contributed by atoms with Gasteiger partial charge in [0.1, 0.15) is 18.1 Å². The van der Waals surface area contributed by atoms with Crippen molar-refractivity contribution >= 4 is 34.6 Å². The van der Waals surface area contributed by atoms with Crippen LogP contribution in [0, 0.1) is 23.7 Å². The molecule has 9 rings (SSSR count). The molecule has 2 amide bonds. The number of anilines is 1. The van der Waals surface area contributed by atoms with Crippen molar-refractivity contribution in [1.82, 2.24) is 0 Å². The zero-order chi connectivity index (χ0) is 43.7. The van der Waals surface area contributed by atoms with Gasteiger partial charge in [0.2, 0.25) is 11.8 Å². The molecule has 0 radical (unpaired) electrons. The van der Waals surface area contributed by atoms with E-state index in [1.807, 2.05) is 30.3 Å². The van der Waals surface area contributed by atoms with Crippen molar-refractivity contribution < 1.29 is 55.4 Å². The maximum Gasteiger partial charge on any atom is 0.416 e. The monoisotopic (exact) mass is 847 g/mol.